The minimum atomic E-state index is 0.927. The van der Waals surface area contributed by atoms with Gasteiger partial charge in [0.1, 0.15) is 0 Å². The fourth-order valence-corrected chi connectivity index (χ4v) is 1.46. The molecule has 1 nitrogen and oxygen atoms in total. The first-order valence-corrected chi connectivity index (χ1v) is 3.87. The largest absolute Gasteiger partial charge is 0.402 e. The fourth-order valence-electron chi connectivity index (χ4n) is 1.46. The Bertz CT molecular complexity index is 299. The van der Waals surface area contributed by atoms with E-state index in [1.54, 1.807) is 0 Å². The normalized spacial score (nSPS) is 15.5. The average molecular weight is 145 g/mol. The molecule has 0 unspecified atom stereocenters. The van der Waals surface area contributed by atoms with Crippen molar-refractivity contribution >= 4 is 0 Å². The third-order valence-corrected chi connectivity index (χ3v) is 2.10. The molecule has 0 heterocycles. The Morgan fingerprint density at radius 2 is 1.82 bits per heavy atom. The van der Waals surface area contributed by atoms with Crippen LogP contribution >= 0.6 is 0 Å². The monoisotopic (exact) mass is 145 g/mol. The minimum Gasteiger partial charge on any atom is -0.402 e. The summed E-state index contributed by atoms with van der Waals surface area (Å²) in [7, 11) is 0. The number of nitrogens with two attached hydrogens (primary N) is 1. The Morgan fingerprint density at radius 1 is 1.09 bits per heavy atom. The zero-order chi connectivity index (χ0) is 7.68. The molecule has 0 atom stereocenters. The Hall–Kier alpha value is -1.24. The number of fused-ring (bicyclic) bond motifs is 1. The number of hydrogen-bond donors (Lipinski definition) is 1. The molecule has 0 aromatic heterocycles. The van der Waals surface area contributed by atoms with Gasteiger partial charge in [0.05, 0.1) is 0 Å². The van der Waals surface area contributed by atoms with Gasteiger partial charge in [0.15, 0.2) is 0 Å². The third kappa shape index (κ3) is 1.14. The van der Waals surface area contributed by atoms with E-state index < -0.39 is 0 Å². The first kappa shape index (κ1) is 6.47. The van der Waals surface area contributed by atoms with Crippen LogP contribution in [-0.2, 0) is 12.8 Å². The summed E-state index contributed by atoms with van der Waals surface area (Å²) in [5.74, 6) is 0. The SMILES string of the molecule is NC1=CCc2ccccc2C1. The maximum Gasteiger partial charge on any atom is 0.0120 e. The third-order valence-electron chi connectivity index (χ3n) is 2.10. The van der Waals surface area contributed by atoms with Gasteiger partial charge in [-0.2, -0.15) is 0 Å². The van der Waals surface area contributed by atoms with E-state index in [-0.39, 0.29) is 0 Å². The van der Waals surface area contributed by atoms with Crippen molar-refractivity contribution in [1.82, 2.24) is 0 Å². The summed E-state index contributed by atoms with van der Waals surface area (Å²) in [5.41, 5.74) is 9.51. The van der Waals surface area contributed by atoms with Gasteiger partial charge in [0.25, 0.3) is 0 Å². The molecule has 0 saturated heterocycles. The van der Waals surface area contributed by atoms with Gasteiger partial charge in [-0.05, 0) is 17.5 Å². The molecule has 1 aromatic carbocycles. The van der Waals surface area contributed by atoms with Crippen LogP contribution in [0.4, 0.5) is 0 Å². The van der Waals surface area contributed by atoms with Gasteiger partial charge in [-0.1, -0.05) is 30.3 Å². The molecule has 11 heavy (non-hydrogen) atoms. The lowest BCUT2D eigenvalue weighted by molar-refractivity contribution is 0.998. The van der Waals surface area contributed by atoms with Crippen molar-refractivity contribution in [2.75, 3.05) is 0 Å². The topological polar surface area (TPSA) is 26.0 Å². The van der Waals surface area contributed by atoms with Crippen LogP contribution in [0.2, 0.25) is 0 Å². The molecule has 0 saturated carbocycles. The van der Waals surface area contributed by atoms with Crippen LogP contribution in [0.1, 0.15) is 11.1 Å². The van der Waals surface area contributed by atoms with Gasteiger partial charge < -0.3 is 5.73 Å². The lowest BCUT2D eigenvalue weighted by Crippen LogP contribution is -2.08. The summed E-state index contributed by atoms with van der Waals surface area (Å²) < 4.78 is 0. The van der Waals surface area contributed by atoms with Gasteiger partial charge in [0, 0.05) is 12.1 Å². The summed E-state index contributed by atoms with van der Waals surface area (Å²) in [6, 6.07) is 8.46. The molecule has 2 N–H and O–H groups in total. The van der Waals surface area contributed by atoms with E-state index >= 15 is 0 Å². The van der Waals surface area contributed by atoms with Crippen molar-refractivity contribution in [2.24, 2.45) is 5.73 Å². The van der Waals surface area contributed by atoms with E-state index in [0.29, 0.717) is 0 Å². The van der Waals surface area contributed by atoms with Crippen molar-refractivity contribution < 1.29 is 0 Å². The maximum atomic E-state index is 5.71. The highest BCUT2D eigenvalue weighted by Crippen LogP contribution is 2.17. The molecule has 0 aliphatic heterocycles. The molecular formula is C10H11N. The highest BCUT2D eigenvalue weighted by Gasteiger charge is 2.06. The quantitative estimate of drug-likeness (QED) is 0.590. The molecular weight excluding hydrogens is 134 g/mol. The molecule has 1 heteroatoms. The zero-order valence-electron chi connectivity index (χ0n) is 6.38. The summed E-state index contributed by atoms with van der Waals surface area (Å²) in [5, 5.41) is 0. The standard InChI is InChI=1S/C10H11N/c11-10-6-5-8-3-1-2-4-9(8)7-10/h1-4,6H,5,7,11H2. The van der Waals surface area contributed by atoms with Crippen molar-refractivity contribution in [3.8, 4) is 0 Å². The molecule has 0 amide bonds. The smallest absolute Gasteiger partial charge is 0.0120 e. The summed E-state index contributed by atoms with van der Waals surface area (Å²) in [4.78, 5) is 0. The lowest BCUT2D eigenvalue weighted by atomic mass is 9.95. The molecule has 0 radical (unpaired) electrons. The molecule has 56 valence electrons. The van der Waals surface area contributed by atoms with Crippen LogP contribution in [0.3, 0.4) is 0 Å². The Labute approximate surface area is 66.5 Å². The Kier molecular flexibility index (Phi) is 1.42. The van der Waals surface area contributed by atoms with Gasteiger partial charge in [0.2, 0.25) is 0 Å². The summed E-state index contributed by atoms with van der Waals surface area (Å²) in [6.45, 7) is 0. The van der Waals surface area contributed by atoms with Crippen molar-refractivity contribution in [3.05, 3.63) is 47.2 Å². The van der Waals surface area contributed by atoms with E-state index in [0.717, 1.165) is 18.5 Å². The van der Waals surface area contributed by atoms with Crippen LogP contribution in [-0.4, -0.2) is 0 Å². The van der Waals surface area contributed by atoms with Crippen LogP contribution in [0.5, 0.6) is 0 Å². The van der Waals surface area contributed by atoms with Crippen LogP contribution in [0.15, 0.2) is 36.0 Å². The maximum absolute atomic E-state index is 5.71. The van der Waals surface area contributed by atoms with Crippen molar-refractivity contribution in [3.63, 3.8) is 0 Å². The molecule has 1 aromatic rings. The first-order valence-electron chi connectivity index (χ1n) is 3.87. The highest BCUT2D eigenvalue weighted by molar-refractivity contribution is 5.35. The lowest BCUT2D eigenvalue weighted by Gasteiger charge is -2.13. The van der Waals surface area contributed by atoms with E-state index in [9.17, 15) is 0 Å². The first-order chi connectivity index (χ1) is 5.36. The molecule has 1 aliphatic rings. The second-order valence-corrected chi connectivity index (χ2v) is 2.93. The van der Waals surface area contributed by atoms with Crippen molar-refractivity contribution in [1.29, 1.82) is 0 Å². The van der Waals surface area contributed by atoms with Crippen LogP contribution in [0.25, 0.3) is 0 Å². The number of rotatable bonds is 0. The van der Waals surface area contributed by atoms with Gasteiger partial charge in [-0.3, -0.25) is 0 Å². The highest BCUT2D eigenvalue weighted by atomic mass is 14.6. The zero-order valence-corrected chi connectivity index (χ0v) is 6.38. The van der Waals surface area contributed by atoms with E-state index in [1.165, 1.54) is 11.1 Å². The van der Waals surface area contributed by atoms with Crippen LogP contribution < -0.4 is 5.73 Å². The fraction of sp³-hybridized carbons (Fsp3) is 0.200. The molecule has 1 aliphatic carbocycles. The number of benzene rings is 1. The molecule has 0 spiro atoms. The van der Waals surface area contributed by atoms with E-state index in [2.05, 4.69) is 30.3 Å². The average Bonchev–Trinajstić information content (AvgIpc) is 2.04. The molecule has 0 fully saturated rings. The van der Waals surface area contributed by atoms with Gasteiger partial charge in [-0.15, -0.1) is 0 Å². The Morgan fingerprint density at radius 3 is 2.64 bits per heavy atom. The summed E-state index contributed by atoms with van der Waals surface area (Å²) >= 11 is 0. The van der Waals surface area contributed by atoms with Crippen molar-refractivity contribution in [2.45, 2.75) is 12.8 Å². The summed E-state index contributed by atoms with van der Waals surface area (Å²) in [6.07, 6.45) is 4.03. The Balaban J connectivity index is 2.42. The second kappa shape index (κ2) is 2.42. The molecule has 2 rings (SSSR count). The van der Waals surface area contributed by atoms with E-state index in [4.69, 9.17) is 5.73 Å². The number of allylic oxidation sites excluding steroid dienone is 2. The molecule has 0 bridgehead atoms. The predicted molar refractivity (Wildman–Crippen MR) is 46.1 cm³/mol. The predicted octanol–water partition coefficient (Wildman–Crippen LogP) is 1.63. The van der Waals surface area contributed by atoms with Gasteiger partial charge in [-0.25, -0.2) is 0 Å². The minimum absolute atomic E-state index is 0.927. The number of hydrogen-bond acceptors (Lipinski definition) is 1. The van der Waals surface area contributed by atoms with E-state index in [1.807, 2.05) is 0 Å². The second-order valence-electron chi connectivity index (χ2n) is 2.93. The van der Waals surface area contributed by atoms with Crippen LogP contribution in [0, 0.1) is 0 Å². The van der Waals surface area contributed by atoms with Gasteiger partial charge >= 0.3 is 0 Å².